The molecule has 7 heteroatoms. The first-order valence-corrected chi connectivity index (χ1v) is 5.77. The monoisotopic (exact) mass is 282 g/mol. The molecule has 0 radical (unpaired) electrons. The topological polar surface area (TPSA) is 76.7 Å². The number of aryl methyl sites for hydroxylation is 1. The van der Waals surface area contributed by atoms with E-state index in [9.17, 15) is 9.59 Å². The second kappa shape index (κ2) is 5.62. The third-order valence-corrected chi connectivity index (χ3v) is 2.61. The Kier molecular flexibility index (Phi) is 3.91. The molecular formula is C12H11ClN2O4. The first-order chi connectivity index (χ1) is 9.06. The molecule has 1 aliphatic rings. The molecule has 3 amide bonds. The third-order valence-electron chi connectivity index (χ3n) is 2.37. The van der Waals surface area contributed by atoms with Gasteiger partial charge in [0.2, 0.25) is 12.6 Å². The molecule has 0 saturated heterocycles. The quantitative estimate of drug-likeness (QED) is 0.871. The number of nitrogens with one attached hydrogen (secondary N) is 2. The predicted octanol–water partition coefficient (Wildman–Crippen LogP) is 2.14. The zero-order chi connectivity index (χ0) is 13.8. The summed E-state index contributed by atoms with van der Waals surface area (Å²) in [5.41, 5.74) is 1.35. The zero-order valence-corrected chi connectivity index (χ0v) is 10.8. The van der Waals surface area contributed by atoms with Gasteiger partial charge in [0.25, 0.3) is 5.91 Å². The Balaban J connectivity index is 1.97. The summed E-state index contributed by atoms with van der Waals surface area (Å²) in [6, 6.07) is 4.39. The lowest BCUT2D eigenvalue weighted by atomic mass is 10.2. The highest BCUT2D eigenvalue weighted by molar-refractivity contribution is 6.31. The Morgan fingerprint density at radius 2 is 2.16 bits per heavy atom. The van der Waals surface area contributed by atoms with Gasteiger partial charge in [-0.05, 0) is 24.6 Å². The van der Waals surface area contributed by atoms with Crippen LogP contribution in [-0.2, 0) is 14.3 Å². The van der Waals surface area contributed by atoms with Crippen LogP contribution in [0.15, 0.2) is 30.2 Å². The van der Waals surface area contributed by atoms with E-state index in [0.29, 0.717) is 10.7 Å². The lowest BCUT2D eigenvalue weighted by Gasteiger charge is -2.09. The molecule has 1 aromatic carbocycles. The van der Waals surface area contributed by atoms with Gasteiger partial charge in [0.1, 0.15) is 6.26 Å². The molecule has 1 heterocycles. The maximum Gasteiger partial charge on any atom is 0.326 e. The molecule has 0 aliphatic carbocycles. The molecule has 2 rings (SSSR count). The van der Waals surface area contributed by atoms with Crippen molar-refractivity contribution >= 4 is 29.2 Å². The minimum Gasteiger partial charge on any atom is -0.461 e. The number of amides is 3. The number of urea groups is 1. The number of hydrogen-bond acceptors (Lipinski definition) is 4. The largest absolute Gasteiger partial charge is 0.461 e. The predicted molar refractivity (Wildman–Crippen MR) is 68.5 cm³/mol. The molecule has 0 aromatic heterocycles. The van der Waals surface area contributed by atoms with Gasteiger partial charge in [0, 0.05) is 10.7 Å². The van der Waals surface area contributed by atoms with Crippen molar-refractivity contribution in [3.05, 3.63) is 40.8 Å². The van der Waals surface area contributed by atoms with Crippen molar-refractivity contribution < 1.29 is 19.1 Å². The van der Waals surface area contributed by atoms with Crippen molar-refractivity contribution in [2.45, 2.75) is 6.92 Å². The lowest BCUT2D eigenvalue weighted by molar-refractivity contribution is -0.119. The second-order valence-corrected chi connectivity index (χ2v) is 4.21. The molecule has 6 nitrogen and oxygen atoms in total. The normalized spacial score (nSPS) is 13.1. The van der Waals surface area contributed by atoms with Crippen LogP contribution >= 0.6 is 11.6 Å². The number of anilines is 1. The standard InChI is InChI=1S/C12H11ClN2O4/c1-7-2-3-8(13)4-9(7)14-12(17)15-11(16)10-5-18-6-19-10/h2-5H,6H2,1H3,(H2,14,15,16,17). The van der Waals surface area contributed by atoms with Gasteiger partial charge in [0.15, 0.2) is 0 Å². The number of carbonyl (C=O) groups excluding carboxylic acids is 2. The van der Waals surface area contributed by atoms with Gasteiger partial charge in [-0.25, -0.2) is 4.79 Å². The molecule has 0 spiro atoms. The van der Waals surface area contributed by atoms with Crippen LogP contribution in [0.1, 0.15) is 5.56 Å². The molecule has 0 atom stereocenters. The maximum atomic E-state index is 11.6. The van der Waals surface area contributed by atoms with Crippen LogP contribution in [0, 0.1) is 6.92 Å². The average Bonchev–Trinajstić information content (AvgIpc) is 2.87. The van der Waals surface area contributed by atoms with Crippen molar-refractivity contribution in [2.75, 3.05) is 12.1 Å². The molecule has 100 valence electrons. The number of benzene rings is 1. The van der Waals surface area contributed by atoms with Crippen LogP contribution in [0.2, 0.25) is 5.02 Å². The molecular weight excluding hydrogens is 272 g/mol. The van der Waals surface area contributed by atoms with E-state index < -0.39 is 11.9 Å². The van der Waals surface area contributed by atoms with E-state index >= 15 is 0 Å². The van der Waals surface area contributed by atoms with Crippen molar-refractivity contribution in [1.82, 2.24) is 5.32 Å². The van der Waals surface area contributed by atoms with E-state index in [1.54, 1.807) is 18.2 Å². The highest BCUT2D eigenvalue weighted by Crippen LogP contribution is 2.20. The zero-order valence-electron chi connectivity index (χ0n) is 10.0. The van der Waals surface area contributed by atoms with Gasteiger partial charge in [-0.2, -0.15) is 0 Å². The molecule has 2 N–H and O–H groups in total. The highest BCUT2D eigenvalue weighted by atomic mass is 35.5. The molecule has 0 fully saturated rings. The van der Waals surface area contributed by atoms with Crippen LogP contribution in [0.4, 0.5) is 10.5 Å². The second-order valence-electron chi connectivity index (χ2n) is 3.78. The summed E-state index contributed by atoms with van der Waals surface area (Å²) >= 11 is 5.83. The summed E-state index contributed by atoms with van der Waals surface area (Å²) in [6.07, 6.45) is 1.15. The molecule has 1 aliphatic heterocycles. The first kappa shape index (κ1) is 13.2. The van der Waals surface area contributed by atoms with E-state index in [4.69, 9.17) is 21.1 Å². The van der Waals surface area contributed by atoms with E-state index in [0.717, 1.165) is 11.8 Å². The summed E-state index contributed by atoms with van der Waals surface area (Å²) in [4.78, 5) is 23.2. The lowest BCUT2D eigenvalue weighted by Crippen LogP contribution is -2.35. The van der Waals surface area contributed by atoms with E-state index in [1.807, 2.05) is 6.92 Å². The summed E-state index contributed by atoms with van der Waals surface area (Å²) in [6.45, 7) is 1.78. The summed E-state index contributed by atoms with van der Waals surface area (Å²) in [7, 11) is 0. The Morgan fingerprint density at radius 3 is 2.84 bits per heavy atom. The van der Waals surface area contributed by atoms with Crippen LogP contribution in [0.5, 0.6) is 0 Å². The van der Waals surface area contributed by atoms with Gasteiger partial charge in [0.05, 0.1) is 0 Å². The van der Waals surface area contributed by atoms with Gasteiger partial charge in [-0.1, -0.05) is 17.7 Å². The summed E-state index contributed by atoms with van der Waals surface area (Å²) in [5, 5.41) is 5.13. The number of carbonyl (C=O) groups is 2. The third kappa shape index (κ3) is 3.38. The fraction of sp³-hybridized carbons (Fsp3) is 0.167. The van der Waals surface area contributed by atoms with Crippen LogP contribution < -0.4 is 10.6 Å². The maximum absolute atomic E-state index is 11.6. The molecule has 0 unspecified atom stereocenters. The van der Waals surface area contributed by atoms with Crippen molar-refractivity contribution in [3.63, 3.8) is 0 Å². The van der Waals surface area contributed by atoms with Crippen LogP contribution in [-0.4, -0.2) is 18.7 Å². The summed E-state index contributed by atoms with van der Waals surface area (Å²) < 4.78 is 9.55. The average molecular weight is 283 g/mol. The molecule has 0 bridgehead atoms. The SMILES string of the molecule is Cc1ccc(Cl)cc1NC(=O)NC(=O)C1=COCO1. The van der Waals surface area contributed by atoms with Crippen LogP contribution in [0.25, 0.3) is 0 Å². The fourth-order valence-electron chi connectivity index (χ4n) is 1.41. The van der Waals surface area contributed by atoms with Gasteiger partial charge in [-0.3, -0.25) is 10.1 Å². The van der Waals surface area contributed by atoms with Crippen LogP contribution in [0.3, 0.4) is 0 Å². The minimum absolute atomic E-state index is 0.0300. The number of halogens is 1. The number of ether oxygens (including phenoxy) is 2. The number of rotatable bonds is 2. The van der Waals surface area contributed by atoms with Gasteiger partial charge in [-0.15, -0.1) is 0 Å². The van der Waals surface area contributed by atoms with Crippen molar-refractivity contribution in [3.8, 4) is 0 Å². The molecule has 19 heavy (non-hydrogen) atoms. The Labute approximate surface area is 114 Å². The van der Waals surface area contributed by atoms with Gasteiger partial charge < -0.3 is 14.8 Å². The number of imide groups is 1. The van der Waals surface area contributed by atoms with E-state index in [2.05, 4.69) is 10.6 Å². The minimum atomic E-state index is -0.674. The smallest absolute Gasteiger partial charge is 0.326 e. The fourth-order valence-corrected chi connectivity index (χ4v) is 1.58. The molecule has 1 aromatic rings. The Morgan fingerprint density at radius 1 is 1.37 bits per heavy atom. The van der Waals surface area contributed by atoms with E-state index in [-0.39, 0.29) is 12.6 Å². The summed E-state index contributed by atoms with van der Waals surface area (Å²) in [5.74, 6) is -0.715. The number of hydrogen-bond donors (Lipinski definition) is 2. The Bertz CT molecular complexity index is 557. The first-order valence-electron chi connectivity index (χ1n) is 5.39. The van der Waals surface area contributed by atoms with E-state index in [1.165, 1.54) is 0 Å². The molecule has 0 saturated carbocycles. The Hall–Kier alpha value is -2.21. The van der Waals surface area contributed by atoms with Crippen molar-refractivity contribution in [2.24, 2.45) is 0 Å². The van der Waals surface area contributed by atoms with Crippen molar-refractivity contribution in [1.29, 1.82) is 0 Å². The van der Waals surface area contributed by atoms with Gasteiger partial charge >= 0.3 is 6.03 Å². The highest BCUT2D eigenvalue weighted by Gasteiger charge is 2.18.